The second kappa shape index (κ2) is 7.52. The average Bonchev–Trinajstić information content (AvgIpc) is 2.47. The van der Waals surface area contributed by atoms with Gasteiger partial charge in [0.05, 0.1) is 5.56 Å². The van der Waals surface area contributed by atoms with Gasteiger partial charge in [0, 0.05) is 6.54 Å². The molecule has 0 radical (unpaired) electrons. The van der Waals surface area contributed by atoms with Crippen LogP contribution in [0.5, 0.6) is 0 Å². The van der Waals surface area contributed by atoms with Gasteiger partial charge in [0.1, 0.15) is 5.15 Å². The van der Waals surface area contributed by atoms with Crippen LogP contribution in [0.2, 0.25) is 5.15 Å². The smallest absolute Gasteiger partial charge is 0.297 e. The number of unbranched alkanes of at least 4 members (excludes halogenated alkanes) is 1. The third-order valence-corrected chi connectivity index (χ3v) is 4.16. The second-order valence-electron chi connectivity index (χ2n) is 4.64. The van der Waals surface area contributed by atoms with E-state index in [2.05, 4.69) is 4.98 Å². The number of nitrogens with one attached hydrogen (secondary N) is 1. The van der Waals surface area contributed by atoms with Gasteiger partial charge in [0.2, 0.25) is 0 Å². The Morgan fingerprint density at radius 2 is 1.90 bits per heavy atom. The van der Waals surface area contributed by atoms with Crippen LogP contribution in [0.3, 0.4) is 0 Å². The van der Waals surface area contributed by atoms with Crippen LogP contribution >= 0.6 is 23.4 Å². The van der Waals surface area contributed by atoms with Gasteiger partial charge in [-0.3, -0.25) is 14.3 Å². The molecule has 0 amide bonds. The summed E-state index contributed by atoms with van der Waals surface area (Å²) < 4.78 is 1.23. The van der Waals surface area contributed by atoms with Gasteiger partial charge < -0.3 is 0 Å². The van der Waals surface area contributed by atoms with Crippen LogP contribution in [0.1, 0.15) is 12.8 Å². The lowest BCUT2D eigenvalue weighted by Gasteiger charge is -2.09. The molecular formula is C15H17ClN2O2S. The van der Waals surface area contributed by atoms with E-state index in [1.807, 2.05) is 24.5 Å². The van der Waals surface area contributed by atoms with Crippen molar-refractivity contribution in [3.63, 3.8) is 0 Å². The lowest BCUT2D eigenvalue weighted by molar-refractivity contribution is 0.586. The quantitative estimate of drug-likeness (QED) is 0.656. The highest BCUT2D eigenvalue weighted by atomic mass is 35.5. The lowest BCUT2D eigenvalue weighted by Crippen LogP contribution is -2.36. The van der Waals surface area contributed by atoms with Crippen molar-refractivity contribution in [3.05, 3.63) is 56.3 Å². The van der Waals surface area contributed by atoms with Crippen LogP contribution in [-0.4, -0.2) is 21.6 Å². The highest BCUT2D eigenvalue weighted by Gasteiger charge is 2.14. The molecule has 1 aromatic heterocycles. The number of benzene rings is 1. The molecule has 0 saturated heterocycles. The molecule has 1 N–H and O–H groups in total. The fraction of sp³-hybridized carbons (Fsp3) is 0.333. The molecule has 0 bridgehead atoms. The normalized spacial score (nSPS) is 10.8. The topological polar surface area (TPSA) is 54.9 Å². The van der Waals surface area contributed by atoms with Crippen LogP contribution in [0.25, 0.3) is 11.1 Å². The third-order valence-electron chi connectivity index (χ3n) is 3.18. The van der Waals surface area contributed by atoms with Gasteiger partial charge >= 0.3 is 5.69 Å². The first kappa shape index (κ1) is 15.9. The van der Waals surface area contributed by atoms with Crippen molar-refractivity contribution in [2.75, 3.05) is 12.0 Å². The molecule has 2 aromatic rings. The molecule has 0 fully saturated rings. The Bertz CT molecular complexity index is 710. The van der Waals surface area contributed by atoms with Crippen molar-refractivity contribution in [3.8, 4) is 11.1 Å². The molecule has 0 aliphatic carbocycles. The van der Waals surface area contributed by atoms with Crippen LogP contribution in [0.4, 0.5) is 0 Å². The fourth-order valence-corrected chi connectivity index (χ4v) is 2.88. The number of H-pyrrole nitrogens is 1. The van der Waals surface area contributed by atoms with Crippen LogP contribution in [-0.2, 0) is 6.54 Å². The summed E-state index contributed by atoms with van der Waals surface area (Å²) in [7, 11) is 0. The number of hydrogen-bond acceptors (Lipinski definition) is 3. The number of aromatic nitrogens is 2. The Labute approximate surface area is 132 Å². The Morgan fingerprint density at radius 1 is 1.19 bits per heavy atom. The summed E-state index contributed by atoms with van der Waals surface area (Å²) in [6, 6.07) is 9.14. The van der Waals surface area contributed by atoms with Crippen LogP contribution < -0.4 is 11.2 Å². The van der Waals surface area contributed by atoms with Gasteiger partial charge in [0.25, 0.3) is 5.56 Å². The summed E-state index contributed by atoms with van der Waals surface area (Å²) in [5.74, 6) is 1.02. The van der Waals surface area contributed by atoms with Gasteiger partial charge in [-0.25, -0.2) is 4.79 Å². The number of halogens is 1. The highest BCUT2D eigenvalue weighted by Crippen LogP contribution is 2.20. The summed E-state index contributed by atoms with van der Waals surface area (Å²) in [4.78, 5) is 27.0. The van der Waals surface area contributed by atoms with Gasteiger partial charge in [-0.2, -0.15) is 11.8 Å². The number of aromatic amines is 1. The average molecular weight is 325 g/mol. The summed E-state index contributed by atoms with van der Waals surface area (Å²) in [5.41, 5.74) is 0.274. The van der Waals surface area contributed by atoms with E-state index in [4.69, 9.17) is 11.6 Å². The molecule has 0 aliphatic rings. The highest BCUT2D eigenvalue weighted by molar-refractivity contribution is 7.98. The molecule has 2 rings (SSSR count). The molecule has 1 heterocycles. The van der Waals surface area contributed by atoms with Crippen molar-refractivity contribution < 1.29 is 0 Å². The maximum atomic E-state index is 12.5. The zero-order valence-electron chi connectivity index (χ0n) is 11.8. The van der Waals surface area contributed by atoms with Gasteiger partial charge in [-0.05, 0) is 30.4 Å². The molecule has 0 unspecified atom stereocenters. The zero-order valence-corrected chi connectivity index (χ0v) is 13.3. The molecule has 21 heavy (non-hydrogen) atoms. The van der Waals surface area contributed by atoms with E-state index < -0.39 is 5.69 Å². The maximum absolute atomic E-state index is 12.5. The van der Waals surface area contributed by atoms with Gasteiger partial charge in [-0.15, -0.1) is 0 Å². The standard InChI is InChI=1S/C15H17ClN2O2S/c1-21-10-6-5-9-18-14(19)12(13(16)17-15(18)20)11-7-3-2-4-8-11/h2-4,7-8H,5-6,9-10H2,1H3,(H,17,20). The predicted octanol–water partition coefficient (Wildman–Crippen LogP) is 3.00. The Morgan fingerprint density at radius 3 is 2.57 bits per heavy atom. The minimum Gasteiger partial charge on any atom is -0.297 e. The van der Waals surface area contributed by atoms with Crippen molar-refractivity contribution in [1.82, 2.24) is 9.55 Å². The molecule has 1 aromatic carbocycles. The lowest BCUT2D eigenvalue weighted by atomic mass is 10.1. The van der Waals surface area contributed by atoms with E-state index >= 15 is 0 Å². The monoisotopic (exact) mass is 324 g/mol. The summed E-state index contributed by atoms with van der Waals surface area (Å²) in [6.07, 6.45) is 3.80. The van der Waals surface area contributed by atoms with Gasteiger partial charge in [-0.1, -0.05) is 41.9 Å². The van der Waals surface area contributed by atoms with E-state index in [-0.39, 0.29) is 10.7 Å². The van der Waals surface area contributed by atoms with E-state index in [0.29, 0.717) is 17.7 Å². The van der Waals surface area contributed by atoms with Crippen LogP contribution in [0.15, 0.2) is 39.9 Å². The molecular weight excluding hydrogens is 308 g/mol. The number of thioether (sulfide) groups is 1. The molecule has 4 nitrogen and oxygen atoms in total. The summed E-state index contributed by atoms with van der Waals surface area (Å²) in [5, 5.41) is 0.0940. The Balaban J connectivity index is 2.39. The molecule has 112 valence electrons. The molecule has 0 aliphatic heterocycles. The minimum atomic E-state index is -0.450. The van der Waals surface area contributed by atoms with E-state index in [9.17, 15) is 9.59 Å². The van der Waals surface area contributed by atoms with Crippen molar-refractivity contribution in [2.24, 2.45) is 0 Å². The maximum Gasteiger partial charge on any atom is 0.329 e. The fourth-order valence-electron chi connectivity index (χ4n) is 2.12. The molecule has 0 atom stereocenters. The third kappa shape index (κ3) is 3.80. The number of rotatable bonds is 6. The Hall–Kier alpha value is -1.46. The molecule has 0 saturated carbocycles. The SMILES string of the molecule is CSCCCCn1c(=O)[nH]c(Cl)c(-c2ccccc2)c1=O. The van der Waals surface area contributed by atoms with E-state index in [1.165, 1.54) is 4.57 Å². The van der Waals surface area contributed by atoms with Gasteiger partial charge in [0.15, 0.2) is 0 Å². The largest absolute Gasteiger partial charge is 0.329 e. The summed E-state index contributed by atoms with van der Waals surface area (Å²) in [6.45, 7) is 0.408. The van der Waals surface area contributed by atoms with Crippen molar-refractivity contribution in [2.45, 2.75) is 19.4 Å². The first-order valence-electron chi connectivity index (χ1n) is 6.72. The van der Waals surface area contributed by atoms with E-state index in [1.54, 1.807) is 23.9 Å². The Kier molecular flexibility index (Phi) is 5.70. The summed E-state index contributed by atoms with van der Waals surface area (Å²) >= 11 is 7.81. The molecule has 0 spiro atoms. The second-order valence-corrected chi connectivity index (χ2v) is 6.01. The first-order chi connectivity index (χ1) is 10.1. The number of hydrogen-bond donors (Lipinski definition) is 1. The van der Waals surface area contributed by atoms with Crippen molar-refractivity contribution >= 4 is 23.4 Å². The zero-order chi connectivity index (χ0) is 15.2. The predicted molar refractivity (Wildman–Crippen MR) is 89.4 cm³/mol. The minimum absolute atomic E-state index is 0.0940. The van der Waals surface area contributed by atoms with E-state index in [0.717, 1.165) is 18.6 Å². The number of nitrogens with zero attached hydrogens (tertiary/aromatic N) is 1. The van der Waals surface area contributed by atoms with Crippen LogP contribution in [0, 0.1) is 0 Å². The van der Waals surface area contributed by atoms with Crippen molar-refractivity contribution in [1.29, 1.82) is 0 Å². The first-order valence-corrected chi connectivity index (χ1v) is 8.49. The molecule has 6 heteroatoms.